The third-order valence-electron chi connectivity index (χ3n) is 6.98. The maximum atomic E-state index is 13.4. The number of rotatable bonds is 7. The van der Waals surface area contributed by atoms with Crippen LogP contribution in [0, 0.1) is 0 Å². The molecule has 0 saturated carbocycles. The summed E-state index contributed by atoms with van der Waals surface area (Å²) in [6, 6.07) is 16.1. The SMILES string of the molecule is COc1ccc2[nH]cc(CCN3C(=O)C(O)=C(C(=O)c4ccco4)[C@@H]3c3ccc(C(C)(C)C)cc3)c2c1. The predicted octanol–water partition coefficient (Wildman–Crippen LogP) is 5.89. The smallest absolute Gasteiger partial charge is 0.290 e. The number of furan rings is 1. The van der Waals surface area contributed by atoms with Crippen molar-refractivity contribution in [2.45, 2.75) is 38.6 Å². The molecular weight excluding hydrogens is 468 g/mol. The molecule has 0 fully saturated rings. The van der Waals surface area contributed by atoms with Crippen molar-refractivity contribution in [2.24, 2.45) is 0 Å². The number of ketones is 1. The first-order valence-electron chi connectivity index (χ1n) is 12.3. The number of H-pyrrole nitrogens is 1. The summed E-state index contributed by atoms with van der Waals surface area (Å²) in [5, 5.41) is 11.9. The topological polar surface area (TPSA) is 95.8 Å². The zero-order valence-corrected chi connectivity index (χ0v) is 21.4. The van der Waals surface area contributed by atoms with Crippen LogP contribution < -0.4 is 4.74 Å². The monoisotopic (exact) mass is 498 g/mol. The number of nitrogens with zero attached hydrogens (tertiary/aromatic N) is 1. The highest BCUT2D eigenvalue weighted by atomic mass is 16.5. The fourth-order valence-electron chi connectivity index (χ4n) is 4.90. The number of fused-ring (bicyclic) bond motifs is 1. The predicted molar refractivity (Wildman–Crippen MR) is 141 cm³/mol. The minimum atomic E-state index is -0.737. The molecule has 4 aromatic rings. The van der Waals surface area contributed by atoms with E-state index in [-0.39, 0.29) is 16.7 Å². The first-order chi connectivity index (χ1) is 17.7. The third kappa shape index (κ3) is 4.42. The van der Waals surface area contributed by atoms with E-state index in [1.54, 1.807) is 18.1 Å². The van der Waals surface area contributed by atoms with Gasteiger partial charge in [-0.1, -0.05) is 45.0 Å². The van der Waals surface area contributed by atoms with Crippen LogP contribution in [0.5, 0.6) is 5.75 Å². The molecule has 2 N–H and O–H groups in total. The van der Waals surface area contributed by atoms with Crippen LogP contribution in [0.1, 0.15) is 54.1 Å². The van der Waals surface area contributed by atoms with E-state index in [9.17, 15) is 14.7 Å². The number of carbonyl (C=O) groups excluding carboxylic acids is 2. The Labute approximate surface area is 215 Å². The highest BCUT2D eigenvalue weighted by Gasteiger charge is 2.44. The van der Waals surface area contributed by atoms with Gasteiger partial charge in [-0.15, -0.1) is 0 Å². The molecule has 7 nitrogen and oxygen atoms in total. The van der Waals surface area contributed by atoms with E-state index in [0.717, 1.165) is 33.3 Å². The number of methoxy groups -OCH3 is 1. The number of aromatic amines is 1. The third-order valence-corrected chi connectivity index (χ3v) is 6.98. The molecule has 1 atom stereocenters. The number of benzene rings is 2. The first-order valence-corrected chi connectivity index (χ1v) is 12.3. The molecule has 2 aromatic carbocycles. The Kier molecular flexibility index (Phi) is 6.15. The van der Waals surface area contributed by atoms with Crippen molar-refractivity contribution in [3.8, 4) is 5.75 Å². The molecule has 0 saturated heterocycles. The normalized spacial score (nSPS) is 16.2. The summed E-state index contributed by atoms with van der Waals surface area (Å²) in [7, 11) is 1.62. The van der Waals surface area contributed by atoms with Crippen LogP contribution in [-0.4, -0.2) is 40.3 Å². The minimum absolute atomic E-state index is 0.0315. The molecule has 1 amide bonds. The van der Waals surface area contributed by atoms with Crippen molar-refractivity contribution in [3.05, 3.63) is 101 Å². The molecule has 7 heteroatoms. The van der Waals surface area contributed by atoms with Crippen LogP contribution in [0.15, 0.2) is 82.8 Å². The van der Waals surface area contributed by atoms with Gasteiger partial charge in [0.05, 0.1) is 25.0 Å². The molecule has 0 radical (unpaired) electrons. The summed E-state index contributed by atoms with van der Waals surface area (Å²) in [5.74, 6) is -0.784. The summed E-state index contributed by atoms with van der Waals surface area (Å²) in [6.07, 6.45) is 3.84. The number of carbonyl (C=O) groups is 2. The summed E-state index contributed by atoms with van der Waals surface area (Å²) < 4.78 is 10.7. The van der Waals surface area contributed by atoms with Crippen molar-refractivity contribution in [2.75, 3.05) is 13.7 Å². The van der Waals surface area contributed by atoms with E-state index in [0.29, 0.717) is 13.0 Å². The largest absolute Gasteiger partial charge is 0.503 e. The second-order valence-electron chi connectivity index (χ2n) is 10.3. The van der Waals surface area contributed by atoms with Gasteiger partial charge in [0, 0.05) is 23.6 Å². The fourth-order valence-corrected chi connectivity index (χ4v) is 4.90. The van der Waals surface area contributed by atoms with Gasteiger partial charge in [0.1, 0.15) is 5.75 Å². The lowest BCUT2D eigenvalue weighted by Gasteiger charge is -2.27. The summed E-state index contributed by atoms with van der Waals surface area (Å²) in [5.41, 5.74) is 3.84. The standard InChI is InChI=1S/C30H30N2O5/c1-30(2,3)20-9-7-18(8-10-20)26-25(27(33)24-6-5-15-37-24)28(34)29(35)32(26)14-13-19-17-31-23-12-11-21(36-4)16-22(19)23/h5-12,15-17,26,31,34H,13-14H2,1-4H3/t26-/m0/s1. The molecule has 5 rings (SSSR count). The highest BCUT2D eigenvalue weighted by molar-refractivity contribution is 6.15. The van der Waals surface area contributed by atoms with Crippen molar-refractivity contribution < 1.29 is 23.8 Å². The summed E-state index contributed by atoms with van der Waals surface area (Å²) >= 11 is 0. The average molecular weight is 499 g/mol. The minimum Gasteiger partial charge on any atom is -0.503 e. The van der Waals surface area contributed by atoms with Gasteiger partial charge in [-0.25, -0.2) is 0 Å². The second kappa shape index (κ2) is 9.32. The van der Waals surface area contributed by atoms with Gasteiger partial charge >= 0.3 is 0 Å². The molecule has 0 aliphatic carbocycles. The zero-order chi connectivity index (χ0) is 26.3. The Morgan fingerprint density at radius 1 is 1.14 bits per heavy atom. The Balaban J connectivity index is 1.51. The average Bonchev–Trinajstić information content (AvgIpc) is 3.61. The van der Waals surface area contributed by atoms with Gasteiger partial charge in [0.15, 0.2) is 11.5 Å². The number of ether oxygens (including phenoxy) is 1. The van der Waals surface area contributed by atoms with Crippen molar-refractivity contribution in [3.63, 3.8) is 0 Å². The molecule has 0 spiro atoms. The zero-order valence-electron chi connectivity index (χ0n) is 21.4. The van der Waals surface area contributed by atoms with Gasteiger partial charge in [0.25, 0.3) is 5.91 Å². The van der Waals surface area contributed by atoms with E-state index >= 15 is 0 Å². The van der Waals surface area contributed by atoms with Crippen molar-refractivity contribution in [1.82, 2.24) is 9.88 Å². The molecule has 1 aliphatic heterocycles. The fraction of sp³-hybridized carbons (Fsp3) is 0.267. The van der Waals surface area contributed by atoms with Gasteiger partial charge in [-0.05, 0) is 58.9 Å². The molecular formula is C30H30N2O5. The molecule has 37 heavy (non-hydrogen) atoms. The van der Waals surface area contributed by atoms with Crippen molar-refractivity contribution in [1.29, 1.82) is 0 Å². The number of aliphatic hydroxyl groups is 1. The van der Waals surface area contributed by atoms with Gasteiger partial charge in [0.2, 0.25) is 5.78 Å². The van der Waals surface area contributed by atoms with Crippen LogP contribution in [0.4, 0.5) is 0 Å². The molecule has 3 heterocycles. The highest BCUT2D eigenvalue weighted by Crippen LogP contribution is 2.40. The quantitative estimate of drug-likeness (QED) is 0.310. The number of hydrogen-bond acceptors (Lipinski definition) is 5. The number of nitrogens with one attached hydrogen (secondary N) is 1. The second-order valence-corrected chi connectivity index (χ2v) is 10.3. The lowest BCUT2D eigenvalue weighted by Crippen LogP contribution is -2.33. The van der Waals surface area contributed by atoms with Gasteiger partial charge < -0.3 is 24.1 Å². The Hall–Kier alpha value is -4.26. The van der Waals surface area contributed by atoms with E-state index in [2.05, 4.69) is 25.8 Å². The molecule has 0 bridgehead atoms. The van der Waals surface area contributed by atoms with E-state index < -0.39 is 23.5 Å². The number of aromatic nitrogens is 1. The van der Waals surface area contributed by atoms with E-state index in [1.165, 1.54) is 12.3 Å². The van der Waals surface area contributed by atoms with Crippen LogP contribution >= 0.6 is 0 Å². The van der Waals surface area contributed by atoms with Gasteiger partial charge in [-0.3, -0.25) is 9.59 Å². The van der Waals surface area contributed by atoms with Crippen LogP contribution in [-0.2, 0) is 16.6 Å². The Morgan fingerprint density at radius 3 is 2.54 bits per heavy atom. The van der Waals surface area contributed by atoms with Crippen LogP contribution in [0.3, 0.4) is 0 Å². The molecule has 190 valence electrons. The maximum Gasteiger partial charge on any atom is 0.290 e. The Morgan fingerprint density at radius 2 is 1.89 bits per heavy atom. The van der Waals surface area contributed by atoms with Gasteiger partial charge in [-0.2, -0.15) is 0 Å². The lowest BCUT2D eigenvalue weighted by molar-refractivity contribution is -0.129. The number of aliphatic hydroxyl groups excluding tert-OH is 1. The molecule has 2 aromatic heterocycles. The van der Waals surface area contributed by atoms with E-state index in [1.807, 2.05) is 48.7 Å². The molecule has 1 aliphatic rings. The molecule has 0 unspecified atom stereocenters. The summed E-state index contributed by atoms with van der Waals surface area (Å²) in [4.78, 5) is 31.5. The van der Waals surface area contributed by atoms with E-state index in [4.69, 9.17) is 9.15 Å². The maximum absolute atomic E-state index is 13.4. The number of Topliss-reactive ketones (excluding diaryl/α,β-unsaturated/α-hetero) is 1. The summed E-state index contributed by atoms with van der Waals surface area (Å²) in [6.45, 7) is 6.68. The number of amides is 1. The van der Waals surface area contributed by atoms with Crippen molar-refractivity contribution >= 4 is 22.6 Å². The first kappa shape index (κ1) is 24.4. The van der Waals surface area contributed by atoms with Crippen LogP contribution in [0.25, 0.3) is 10.9 Å². The lowest BCUT2D eigenvalue weighted by atomic mass is 9.85. The Bertz CT molecular complexity index is 1490. The number of hydrogen-bond donors (Lipinski definition) is 2. The van der Waals surface area contributed by atoms with Crippen LogP contribution in [0.2, 0.25) is 0 Å².